The second-order valence-electron chi connectivity index (χ2n) is 4.75. The average molecular weight is 271 g/mol. The summed E-state index contributed by atoms with van der Waals surface area (Å²) in [6.07, 6.45) is 4.46. The minimum Gasteiger partial charge on any atom is -0.457 e. The predicted octanol–water partition coefficient (Wildman–Crippen LogP) is 3.78. The van der Waals surface area contributed by atoms with Gasteiger partial charge in [0, 0.05) is 4.88 Å². The molecular formula is C16H15O2S. The zero-order valence-corrected chi connectivity index (χ0v) is 11.5. The van der Waals surface area contributed by atoms with Crippen molar-refractivity contribution in [1.29, 1.82) is 0 Å². The topological polar surface area (TPSA) is 26.3 Å². The summed E-state index contributed by atoms with van der Waals surface area (Å²) in [5, 5.41) is 3.12. The van der Waals surface area contributed by atoms with Gasteiger partial charge in [0.15, 0.2) is 0 Å². The molecule has 3 rings (SSSR count). The number of aryl methyl sites for hydroxylation is 1. The molecule has 2 aromatic rings. The van der Waals surface area contributed by atoms with Gasteiger partial charge >= 0.3 is 5.97 Å². The van der Waals surface area contributed by atoms with E-state index in [0.29, 0.717) is 12.2 Å². The first-order valence-corrected chi connectivity index (χ1v) is 7.39. The van der Waals surface area contributed by atoms with Gasteiger partial charge < -0.3 is 4.74 Å². The number of fused-ring (bicyclic) bond motifs is 1. The predicted molar refractivity (Wildman–Crippen MR) is 75.4 cm³/mol. The maximum atomic E-state index is 12.1. The fourth-order valence-corrected chi connectivity index (χ4v) is 3.39. The maximum absolute atomic E-state index is 12.1. The normalized spacial score (nSPS) is 13.9. The van der Waals surface area contributed by atoms with Crippen molar-refractivity contribution in [2.24, 2.45) is 0 Å². The Hall–Kier alpha value is -1.61. The summed E-state index contributed by atoms with van der Waals surface area (Å²) >= 11 is 1.58. The summed E-state index contributed by atoms with van der Waals surface area (Å²) < 4.78 is 5.38. The number of ether oxygens (including phenoxy) is 1. The molecule has 0 saturated carbocycles. The highest BCUT2D eigenvalue weighted by Crippen LogP contribution is 2.30. The Kier molecular flexibility index (Phi) is 3.65. The van der Waals surface area contributed by atoms with Crippen LogP contribution in [0.3, 0.4) is 0 Å². The number of carbonyl (C=O) groups is 1. The van der Waals surface area contributed by atoms with Gasteiger partial charge in [-0.25, -0.2) is 4.79 Å². The molecule has 1 aliphatic carbocycles. The third-order valence-corrected chi connectivity index (χ3v) is 4.42. The Morgan fingerprint density at radius 2 is 2.00 bits per heavy atom. The van der Waals surface area contributed by atoms with Crippen molar-refractivity contribution in [3.05, 3.63) is 57.3 Å². The average Bonchev–Trinajstić information content (AvgIpc) is 2.90. The van der Waals surface area contributed by atoms with Crippen LogP contribution >= 0.6 is 11.3 Å². The molecule has 1 radical (unpaired) electrons. The summed E-state index contributed by atoms with van der Waals surface area (Å²) in [6.45, 7) is 0.331. The molecule has 0 bridgehead atoms. The zero-order chi connectivity index (χ0) is 13.1. The number of thiophene rings is 1. The number of esters is 1. The van der Waals surface area contributed by atoms with Crippen molar-refractivity contribution in [3.8, 4) is 0 Å². The van der Waals surface area contributed by atoms with E-state index in [2.05, 4.69) is 5.38 Å². The van der Waals surface area contributed by atoms with Gasteiger partial charge in [0.1, 0.15) is 6.61 Å². The van der Waals surface area contributed by atoms with E-state index in [1.165, 1.54) is 16.9 Å². The summed E-state index contributed by atoms with van der Waals surface area (Å²) in [4.78, 5) is 13.4. The smallest absolute Gasteiger partial charge is 0.340 e. The van der Waals surface area contributed by atoms with Gasteiger partial charge in [-0.1, -0.05) is 30.3 Å². The van der Waals surface area contributed by atoms with E-state index in [1.54, 1.807) is 11.3 Å². The lowest BCUT2D eigenvalue weighted by Crippen LogP contribution is -2.09. The summed E-state index contributed by atoms with van der Waals surface area (Å²) in [7, 11) is 0. The molecule has 1 heterocycles. The maximum Gasteiger partial charge on any atom is 0.340 e. The molecule has 0 saturated heterocycles. The van der Waals surface area contributed by atoms with Crippen molar-refractivity contribution < 1.29 is 9.53 Å². The number of benzene rings is 1. The summed E-state index contributed by atoms with van der Waals surface area (Å²) in [5.74, 6) is -0.233. The van der Waals surface area contributed by atoms with Crippen LogP contribution in [0.1, 0.15) is 39.2 Å². The second-order valence-corrected chi connectivity index (χ2v) is 5.65. The third-order valence-electron chi connectivity index (χ3n) is 3.41. The Morgan fingerprint density at radius 3 is 2.84 bits per heavy atom. The molecule has 1 aromatic carbocycles. The lowest BCUT2D eigenvalue weighted by atomic mass is 9.96. The van der Waals surface area contributed by atoms with E-state index in [9.17, 15) is 4.79 Å². The van der Waals surface area contributed by atoms with E-state index in [-0.39, 0.29) is 5.97 Å². The lowest BCUT2D eigenvalue weighted by molar-refractivity contribution is 0.0471. The van der Waals surface area contributed by atoms with E-state index in [0.717, 1.165) is 24.8 Å². The van der Waals surface area contributed by atoms with Crippen LogP contribution in [0.15, 0.2) is 30.3 Å². The van der Waals surface area contributed by atoms with E-state index >= 15 is 0 Å². The molecule has 97 valence electrons. The van der Waals surface area contributed by atoms with Crippen molar-refractivity contribution in [2.75, 3.05) is 0 Å². The molecule has 3 heteroatoms. The van der Waals surface area contributed by atoms with Gasteiger partial charge in [-0.05, 0) is 36.8 Å². The molecule has 0 spiro atoms. The van der Waals surface area contributed by atoms with Crippen LogP contribution in [0.5, 0.6) is 0 Å². The molecule has 0 fully saturated rings. The minimum atomic E-state index is -0.233. The molecule has 1 aromatic heterocycles. The zero-order valence-electron chi connectivity index (χ0n) is 10.6. The van der Waals surface area contributed by atoms with Crippen LogP contribution < -0.4 is 0 Å². The van der Waals surface area contributed by atoms with Gasteiger partial charge in [0.2, 0.25) is 0 Å². The van der Waals surface area contributed by atoms with E-state index < -0.39 is 0 Å². The van der Waals surface area contributed by atoms with Gasteiger partial charge in [-0.15, -0.1) is 11.3 Å². The van der Waals surface area contributed by atoms with Crippen molar-refractivity contribution >= 4 is 17.3 Å². The van der Waals surface area contributed by atoms with Crippen LogP contribution in [0.2, 0.25) is 0 Å². The van der Waals surface area contributed by atoms with E-state index in [1.807, 2.05) is 30.3 Å². The first-order chi connectivity index (χ1) is 9.34. The third kappa shape index (κ3) is 2.71. The van der Waals surface area contributed by atoms with Crippen molar-refractivity contribution in [3.63, 3.8) is 0 Å². The number of carbonyl (C=O) groups excluding carboxylic acids is 1. The standard InChI is InChI=1S/C16H15O2S/c17-16(18-10-12-6-2-1-3-7-12)14-11-19-15-9-5-4-8-13(14)15/h1-3,6-7H,4-5,8-10H2. The summed E-state index contributed by atoms with van der Waals surface area (Å²) in [6, 6.07) is 9.76. The molecule has 0 amide bonds. The van der Waals surface area contributed by atoms with Crippen molar-refractivity contribution in [2.45, 2.75) is 32.3 Å². The van der Waals surface area contributed by atoms with Crippen LogP contribution in [0.4, 0.5) is 0 Å². The summed E-state index contributed by atoms with van der Waals surface area (Å²) in [5.41, 5.74) is 2.85. The highest BCUT2D eigenvalue weighted by atomic mass is 32.1. The van der Waals surface area contributed by atoms with Gasteiger partial charge in [-0.3, -0.25) is 0 Å². The first kappa shape index (κ1) is 12.4. The molecule has 0 N–H and O–H groups in total. The quantitative estimate of drug-likeness (QED) is 0.794. The number of hydrogen-bond donors (Lipinski definition) is 0. The molecule has 0 unspecified atom stereocenters. The van der Waals surface area contributed by atoms with E-state index in [4.69, 9.17) is 4.74 Å². The second kappa shape index (κ2) is 5.57. The molecule has 19 heavy (non-hydrogen) atoms. The van der Waals surface area contributed by atoms with Crippen LogP contribution in [-0.2, 0) is 24.2 Å². The number of hydrogen-bond acceptors (Lipinski definition) is 3. The van der Waals surface area contributed by atoms with Gasteiger partial charge in [0.05, 0.1) is 10.9 Å². The molecule has 2 nitrogen and oxygen atoms in total. The van der Waals surface area contributed by atoms with Crippen LogP contribution in [0, 0.1) is 5.38 Å². The lowest BCUT2D eigenvalue weighted by Gasteiger charge is -2.12. The first-order valence-electron chi connectivity index (χ1n) is 6.58. The Balaban J connectivity index is 1.69. The molecule has 0 aliphatic heterocycles. The SMILES string of the molecule is O=C(OCc1ccccc1)c1[c]sc2c1CCCC2. The fourth-order valence-electron chi connectivity index (χ4n) is 2.39. The van der Waals surface area contributed by atoms with Gasteiger partial charge in [-0.2, -0.15) is 0 Å². The Morgan fingerprint density at radius 1 is 1.21 bits per heavy atom. The monoisotopic (exact) mass is 271 g/mol. The van der Waals surface area contributed by atoms with Crippen molar-refractivity contribution in [1.82, 2.24) is 0 Å². The van der Waals surface area contributed by atoms with Crippen LogP contribution in [-0.4, -0.2) is 5.97 Å². The highest BCUT2D eigenvalue weighted by molar-refractivity contribution is 7.10. The van der Waals surface area contributed by atoms with Crippen LogP contribution in [0.25, 0.3) is 0 Å². The Bertz CT molecular complexity index is 572. The Labute approximate surface area is 117 Å². The number of rotatable bonds is 3. The largest absolute Gasteiger partial charge is 0.457 e. The molecule has 0 atom stereocenters. The van der Waals surface area contributed by atoms with Gasteiger partial charge in [0.25, 0.3) is 0 Å². The molecular weight excluding hydrogens is 256 g/mol. The minimum absolute atomic E-state index is 0.233. The fraction of sp³-hybridized carbons (Fsp3) is 0.312. The highest BCUT2D eigenvalue weighted by Gasteiger charge is 2.21. The molecule has 1 aliphatic rings.